The molecule has 1 aromatic heterocycles. The summed E-state index contributed by atoms with van der Waals surface area (Å²) in [5.41, 5.74) is 8.29. The number of nitrogens with zero attached hydrogens (tertiary/aromatic N) is 2. The molecule has 0 aliphatic heterocycles. The van der Waals surface area contributed by atoms with Gasteiger partial charge in [0.15, 0.2) is 0 Å². The largest absolute Gasteiger partial charge is 0.461 e. The molecule has 0 aliphatic carbocycles. The molecule has 0 bridgehead atoms. The van der Waals surface area contributed by atoms with Gasteiger partial charge in [-0.3, -0.25) is 0 Å². The van der Waals surface area contributed by atoms with Gasteiger partial charge in [-0.1, -0.05) is 6.07 Å². The Morgan fingerprint density at radius 2 is 2.25 bits per heavy atom. The van der Waals surface area contributed by atoms with Crippen molar-refractivity contribution in [3.63, 3.8) is 0 Å². The quantitative estimate of drug-likeness (QED) is 0.635. The summed E-state index contributed by atoms with van der Waals surface area (Å²) in [6, 6.07) is 5.24. The molecule has 6 nitrogen and oxygen atoms in total. The maximum absolute atomic E-state index is 12.0. The summed E-state index contributed by atoms with van der Waals surface area (Å²) in [6.07, 6.45) is 3.27. The lowest BCUT2D eigenvalue weighted by molar-refractivity contribution is 0.0483. The van der Waals surface area contributed by atoms with E-state index in [4.69, 9.17) is 10.5 Å². The normalized spacial score (nSPS) is 10.8. The number of likely N-dealkylation sites (N-methyl/N-ethyl adjacent to an activating group) is 1. The van der Waals surface area contributed by atoms with E-state index < -0.39 is 5.97 Å². The second-order valence-corrected chi connectivity index (χ2v) is 4.71. The Hall–Kier alpha value is -2.34. The van der Waals surface area contributed by atoms with Crippen LogP contribution in [0.1, 0.15) is 10.4 Å². The summed E-state index contributed by atoms with van der Waals surface area (Å²) in [5.74, 6) is -0.411. The van der Waals surface area contributed by atoms with E-state index in [1.165, 1.54) is 0 Å². The van der Waals surface area contributed by atoms with Crippen molar-refractivity contribution in [3.8, 4) is 11.3 Å². The molecule has 1 aromatic carbocycles. The lowest BCUT2D eigenvalue weighted by Gasteiger charge is -2.11. The highest BCUT2D eigenvalue weighted by Crippen LogP contribution is 2.22. The number of nitrogens with one attached hydrogen (secondary N) is 1. The Morgan fingerprint density at radius 1 is 1.45 bits per heavy atom. The van der Waals surface area contributed by atoms with Crippen LogP contribution in [0, 0.1) is 0 Å². The van der Waals surface area contributed by atoms with Gasteiger partial charge < -0.3 is 20.4 Å². The van der Waals surface area contributed by atoms with Crippen LogP contribution in [0.5, 0.6) is 0 Å². The number of carbonyl (C=O) groups excluding carboxylic acids is 1. The molecule has 0 saturated carbocycles. The van der Waals surface area contributed by atoms with Crippen molar-refractivity contribution >= 4 is 11.7 Å². The molecule has 0 amide bonds. The number of carbonyl (C=O) groups is 1. The van der Waals surface area contributed by atoms with Gasteiger partial charge in [-0.15, -0.1) is 0 Å². The minimum Gasteiger partial charge on any atom is -0.461 e. The molecule has 0 fully saturated rings. The van der Waals surface area contributed by atoms with Crippen molar-refractivity contribution < 1.29 is 9.53 Å². The van der Waals surface area contributed by atoms with Gasteiger partial charge in [-0.25, -0.2) is 9.78 Å². The molecule has 106 valence electrons. The standard InChI is InChI=1S/C14H18N4O2/c1-18(2)5-6-20-14(19)11-7-10(3-4-12(11)15)13-8-16-9-17-13/h3-4,7-9H,5-6,15H2,1-2H3,(H,16,17). The van der Waals surface area contributed by atoms with Crippen molar-refractivity contribution in [1.29, 1.82) is 0 Å². The summed E-state index contributed by atoms with van der Waals surface area (Å²) < 4.78 is 5.21. The first-order chi connectivity index (χ1) is 9.58. The van der Waals surface area contributed by atoms with E-state index in [0.29, 0.717) is 24.4 Å². The molecule has 3 N–H and O–H groups in total. The number of H-pyrrole nitrogens is 1. The van der Waals surface area contributed by atoms with E-state index in [0.717, 1.165) is 11.3 Å². The van der Waals surface area contributed by atoms with E-state index in [1.807, 2.05) is 25.1 Å². The number of rotatable bonds is 5. The van der Waals surface area contributed by atoms with E-state index >= 15 is 0 Å². The number of hydrogen-bond donors (Lipinski definition) is 2. The third-order valence-electron chi connectivity index (χ3n) is 2.85. The fourth-order valence-corrected chi connectivity index (χ4v) is 1.71. The van der Waals surface area contributed by atoms with Gasteiger partial charge in [-0.2, -0.15) is 0 Å². The van der Waals surface area contributed by atoms with Crippen molar-refractivity contribution in [2.45, 2.75) is 0 Å². The number of anilines is 1. The molecule has 0 unspecified atom stereocenters. The number of ether oxygens (including phenoxy) is 1. The van der Waals surface area contributed by atoms with Gasteiger partial charge in [0, 0.05) is 17.8 Å². The Balaban J connectivity index is 2.14. The van der Waals surface area contributed by atoms with Crippen molar-refractivity contribution in [2.24, 2.45) is 0 Å². The van der Waals surface area contributed by atoms with Crippen LogP contribution in [0.15, 0.2) is 30.7 Å². The zero-order valence-electron chi connectivity index (χ0n) is 11.6. The first-order valence-electron chi connectivity index (χ1n) is 6.28. The second-order valence-electron chi connectivity index (χ2n) is 4.71. The smallest absolute Gasteiger partial charge is 0.340 e. The molecule has 1 heterocycles. The first-order valence-corrected chi connectivity index (χ1v) is 6.28. The fraction of sp³-hybridized carbons (Fsp3) is 0.286. The molecule has 2 rings (SSSR count). The van der Waals surface area contributed by atoms with E-state index in [-0.39, 0.29) is 0 Å². The molecule has 20 heavy (non-hydrogen) atoms. The fourth-order valence-electron chi connectivity index (χ4n) is 1.71. The van der Waals surface area contributed by atoms with Gasteiger partial charge in [0.1, 0.15) is 6.61 Å². The molecule has 6 heteroatoms. The third-order valence-corrected chi connectivity index (χ3v) is 2.85. The number of benzene rings is 1. The van der Waals surface area contributed by atoms with Crippen LogP contribution in [0.2, 0.25) is 0 Å². The first kappa shape index (κ1) is 14.1. The topological polar surface area (TPSA) is 84.2 Å². The predicted octanol–water partition coefficient (Wildman–Crippen LogP) is 1.38. The number of imidazole rings is 1. The number of nitrogens with two attached hydrogens (primary N) is 1. The van der Waals surface area contributed by atoms with E-state index in [2.05, 4.69) is 9.97 Å². The molecule has 0 atom stereocenters. The molecule has 0 spiro atoms. The summed E-state index contributed by atoms with van der Waals surface area (Å²) in [7, 11) is 3.84. The zero-order chi connectivity index (χ0) is 14.5. The number of aromatic nitrogens is 2. The van der Waals surface area contributed by atoms with Gasteiger partial charge in [0.05, 0.1) is 23.8 Å². The summed E-state index contributed by atoms with van der Waals surface area (Å²) >= 11 is 0. The highest BCUT2D eigenvalue weighted by molar-refractivity contribution is 5.96. The SMILES string of the molecule is CN(C)CCOC(=O)c1cc(-c2cnc[nH]2)ccc1N. The van der Waals surface area contributed by atoms with Crippen LogP contribution in [0.3, 0.4) is 0 Å². The monoisotopic (exact) mass is 274 g/mol. The average Bonchev–Trinajstić information content (AvgIpc) is 2.92. The van der Waals surface area contributed by atoms with Crippen molar-refractivity contribution in [3.05, 3.63) is 36.3 Å². The maximum Gasteiger partial charge on any atom is 0.340 e. The molecule has 0 radical (unpaired) electrons. The van der Waals surface area contributed by atoms with Crippen LogP contribution in [0.25, 0.3) is 11.3 Å². The van der Waals surface area contributed by atoms with Crippen molar-refractivity contribution in [1.82, 2.24) is 14.9 Å². The Labute approximate surface area is 117 Å². The number of hydrogen-bond acceptors (Lipinski definition) is 5. The Kier molecular flexibility index (Phi) is 4.37. The second kappa shape index (κ2) is 6.21. The van der Waals surface area contributed by atoms with E-state index in [9.17, 15) is 4.79 Å². The summed E-state index contributed by atoms with van der Waals surface area (Å²) in [4.78, 5) is 20.9. The predicted molar refractivity (Wildman–Crippen MR) is 77.3 cm³/mol. The molecule has 0 aliphatic rings. The highest BCUT2D eigenvalue weighted by Gasteiger charge is 2.13. The van der Waals surface area contributed by atoms with Crippen molar-refractivity contribution in [2.75, 3.05) is 33.0 Å². The number of nitrogen functional groups attached to an aromatic ring is 1. The number of aromatic amines is 1. The minimum atomic E-state index is -0.411. The summed E-state index contributed by atoms with van der Waals surface area (Å²) in [5, 5.41) is 0. The lowest BCUT2D eigenvalue weighted by Crippen LogP contribution is -2.20. The van der Waals surface area contributed by atoms with Crippen LogP contribution in [0.4, 0.5) is 5.69 Å². The maximum atomic E-state index is 12.0. The van der Waals surface area contributed by atoms with Crippen LogP contribution in [-0.4, -0.2) is 48.1 Å². The van der Waals surface area contributed by atoms with E-state index in [1.54, 1.807) is 24.7 Å². The number of esters is 1. The van der Waals surface area contributed by atoms with Gasteiger partial charge in [0.25, 0.3) is 0 Å². The minimum absolute atomic E-state index is 0.333. The summed E-state index contributed by atoms with van der Waals surface area (Å²) in [6.45, 7) is 1.01. The van der Waals surface area contributed by atoms with Crippen LogP contribution in [-0.2, 0) is 4.74 Å². The average molecular weight is 274 g/mol. The van der Waals surface area contributed by atoms with Gasteiger partial charge in [0.2, 0.25) is 0 Å². The Bertz CT molecular complexity index is 579. The third kappa shape index (κ3) is 3.36. The highest BCUT2D eigenvalue weighted by atomic mass is 16.5. The molecule has 0 saturated heterocycles. The van der Waals surface area contributed by atoms with Crippen LogP contribution >= 0.6 is 0 Å². The molecule has 2 aromatic rings. The van der Waals surface area contributed by atoms with Gasteiger partial charge >= 0.3 is 5.97 Å². The molecular formula is C14H18N4O2. The molecular weight excluding hydrogens is 256 g/mol. The van der Waals surface area contributed by atoms with Crippen LogP contribution < -0.4 is 5.73 Å². The van der Waals surface area contributed by atoms with Gasteiger partial charge in [-0.05, 0) is 26.2 Å². The zero-order valence-corrected chi connectivity index (χ0v) is 11.6. The lowest BCUT2D eigenvalue weighted by atomic mass is 10.1. The Morgan fingerprint density at radius 3 is 2.90 bits per heavy atom.